The molecule has 0 saturated carbocycles. The smallest absolute Gasteiger partial charge is 0.230 e. The van der Waals surface area contributed by atoms with Crippen molar-refractivity contribution in [2.45, 2.75) is 11.6 Å². The first kappa shape index (κ1) is 22.1. The van der Waals surface area contributed by atoms with Crippen molar-refractivity contribution in [1.82, 2.24) is 10.3 Å². The molecule has 8 heteroatoms. The Kier molecular flexibility index (Phi) is 7.46. The van der Waals surface area contributed by atoms with E-state index in [1.54, 1.807) is 50.6 Å². The molecule has 2 aromatic carbocycles. The average molecular weight is 437 g/mol. The molecule has 31 heavy (non-hydrogen) atoms. The van der Waals surface area contributed by atoms with Crippen LogP contribution in [0.1, 0.15) is 11.1 Å². The Morgan fingerprint density at radius 3 is 2.52 bits per heavy atom. The predicted octanol–water partition coefficient (Wildman–Crippen LogP) is 4.19. The molecule has 0 unspecified atom stereocenters. The third kappa shape index (κ3) is 5.74. The van der Waals surface area contributed by atoms with E-state index in [9.17, 15) is 14.4 Å². The van der Waals surface area contributed by atoms with Crippen molar-refractivity contribution >= 4 is 17.7 Å². The van der Waals surface area contributed by atoms with Crippen LogP contribution >= 0.6 is 11.8 Å². The maximum absolute atomic E-state index is 13.0. The van der Waals surface area contributed by atoms with Crippen molar-refractivity contribution in [2.75, 3.05) is 20.0 Å². The van der Waals surface area contributed by atoms with Gasteiger partial charge in [-0.1, -0.05) is 23.9 Å². The van der Waals surface area contributed by atoms with Crippen LogP contribution < -0.4 is 14.8 Å². The normalized spacial score (nSPS) is 10.3. The zero-order chi connectivity index (χ0) is 22.2. The van der Waals surface area contributed by atoms with E-state index in [0.717, 1.165) is 11.1 Å². The van der Waals surface area contributed by atoms with Gasteiger partial charge < -0.3 is 14.8 Å². The van der Waals surface area contributed by atoms with E-state index < -0.39 is 0 Å². The summed E-state index contributed by atoms with van der Waals surface area (Å²) in [5, 5.41) is 12.6. The number of nitrogens with one attached hydrogen (secondary N) is 1. The Bertz CT molecular complexity index is 1110. The molecule has 6 nitrogen and oxygen atoms in total. The van der Waals surface area contributed by atoms with E-state index in [4.69, 9.17) is 9.47 Å². The van der Waals surface area contributed by atoms with E-state index in [1.165, 1.54) is 23.9 Å². The third-order valence-electron chi connectivity index (χ3n) is 4.40. The highest BCUT2D eigenvalue weighted by Crippen LogP contribution is 2.33. The fraction of sp³-hybridized carbons (Fsp3) is 0.174. The second-order valence-corrected chi connectivity index (χ2v) is 7.39. The molecule has 0 aliphatic rings. The molecule has 3 rings (SSSR count). The number of methoxy groups -OCH3 is 2. The second kappa shape index (κ2) is 10.5. The molecule has 0 aliphatic carbocycles. The summed E-state index contributed by atoms with van der Waals surface area (Å²) in [5.74, 6) is 0.734. The minimum atomic E-state index is -0.324. The van der Waals surface area contributed by atoms with Gasteiger partial charge in [-0.2, -0.15) is 5.26 Å². The molecule has 0 radical (unpaired) electrons. The third-order valence-corrected chi connectivity index (χ3v) is 5.39. The van der Waals surface area contributed by atoms with Crippen molar-refractivity contribution in [2.24, 2.45) is 0 Å². The molecule has 0 fully saturated rings. The molecule has 0 spiro atoms. The van der Waals surface area contributed by atoms with Crippen LogP contribution in [-0.4, -0.2) is 30.9 Å². The van der Waals surface area contributed by atoms with Crippen LogP contribution in [0, 0.1) is 17.1 Å². The standard InChI is InChI=1S/C23H20FN3O3S/c1-29-20-10-6-16(11-21(20)30-2)19-9-5-17(12-25)23(27-19)31-14-22(28)26-13-15-3-7-18(24)8-4-15/h3-11H,13-14H2,1-2H3,(H,26,28). The Hall–Kier alpha value is -3.57. The topological polar surface area (TPSA) is 84.2 Å². The first-order valence-electron chi connectivity index (χ1n) is 9.31. The predicted molar refractivity (Wildman–Crippen MR) is 116 cm³/mol. The monoisotopic (exact) mass is 437 g/mol. The van der Waals surface area contributed by atoms with Crippen LogP contribution in [0.5, 0.6) is 11.5 Å². The van der Waals surface area contributed by atoms with Crippen molar-refractivity contribution < 1.29 is 18.7 Å². The molecule has 0 saturated heterocycles. The molecule has 0 atom stereocenters. The molecule has 1 N–H and O–H groups in total. The van der Waals surface area contributed by atoms with Gasteiger partial charge in [-0.05, 0) is 48.0 Å². The Labute approximate surface area is 184 Å². The van der Waals surface area contributed by atoms with Gasteiger partial charge in [0.15, 0.2) is 11.5 Å². The summed E-state index contributed by atoms with van der Waals surface area (Å²) >= 11 is 1.18. The number of halogens is 1. The highest BCUT2D eigenvalue weighted by molar-refractivity contribution is 8.00. The summed E-state index contributed by atoms with van der Waals surface area (Å²) in [7, 11) is 3.12. The molecule has 158 valence electrons. The van der Waals surface area contributed by atoms with E-state index in [0.29, 0.717) is 34.3 Å². The molecule has 1 heterocycles. The minimum Gasteiger partial charge on any atom is -0.493 e. The number of benzene rings is 2. The number of amides is 1. The van der Waals surface area contributed by atoms with Crippen molar-refractivity contribution in [3.63, 3.8) is 0 Å². The minimum absolute atomic E-state index is 0.0955. The molecular formula is C23H20FN3O3S. The molecule has 0 aliphatic heterocycles. The molecule has 3 aromatic rings. The number of nitrogens with zero attached hydrogens (tertiary/aromatic N) is 2. The van der Waals surface area contributed by atoms with E-state index in [2.05, 4.69) is 16.4 Å². The van der Waals surface area contributed by atoms with Crippen LogP contribution in [0.15, 0.2) is 59.6 Å². The van der Waals surface area contributed by atoms with Gasteiger partial charge in [0.05, 0.1) is 31.2 Å². The van der Waals surface area contributed by atoms with Crippen molar-refractivity contribution in [1.29, 1.82) is 5.26 Å². The van der Waals surface area contributed by atoms with Gasteiger partial charge in [-0.3, -0.25) is 4.79 Å². The number of pyridine rings is 1. The molecule has 1 amide bonds. The average Bonchev–Trinajstić information content (AvgIpc) is 2.81. The van der Waals surface area contributed by atoms with E-state index in [1.807, 2.05) is 6.07 Å². The van der Waals surface area contributed by atoms with Gasteiger partial charge in [-0.15, -0.1) is 0 Å². The van der Waals surface area contributed by atoms with Crippen molar-refractivity contribution in [3.8, 4) is 28.8 Å². The summed E-state index contributed by atoms with van der Waals surface area (Å²) in [4.78, 5) is 16.8. The number of ether oxygens (including phenoxy) is 2. The lowest BCUT2D eigenvalue weighted by atomic mass is 10.1. The van der Waals surface area contributed by atoms with Crippen LogP contribution in [0.4, 0.5) is 4.39 Å². The maximum Gasteiger partial charge on any atom is 0.230 e. The number of carbonyl (C=O) groups is 1. The first-order chi connectivity index (χ1) is 15.0. The number of nitriles is 1. The number of hydrogen-bond donors (Lipinski definition) is 1. The zero-order valence-corrected chi connectivity index (χ0v) is 17.8. The highest BCUT2D eigenvalue weighted by Gasteiger charge is 2.12. The van der Waals surface area contributed by atoms with Gasteiger partial charge >= 0.3 is 0 Å². The van der Waals surface area contributed by atoms with E-state index in [-0.39, 0.29) is 17.5 Å². The van der Waals surface area contributed by atoms with Crippen LogP contribution in [-0.2, 0) is 11.3 Å². The van der Waals surface area contributed by atoms with Gasteiger partial charge in [0.25, 0.3) is 0 Å². The van der Waals surface area contributed by atoms with E-state index >= 15 is 0 Å². The summed E-state index contributed by atoms with van der Waals surface area (Å²) in [6, 6.07) is 16.9. The lowest BCUT2D eigenvalue weighted by Gasteiger charge is -2.11. The lowest BCUT2D eigenvalue weighted by molar-refractivity contribution is -0.118. The SMILES string of the molecule is COc1ccc(-c2ccc(C#N)c(SCC(=O)NCc3ccc(F)cc3)n2)cc1OC. The Morgan fingerprint density at radius 2 is 1.84 bits per heavy atom. The van der Waals surface area contributed by atoms with Gasteiger partial charge in [0.2, 0.25) is 5.91 Å². The Morgan fingerprint density at radius 1 is 1.10 bits per heavy atom. The number of carbonyl (C=O) groups excluding carboxylic acids is 1. The number of hydrogen-bond acceptors (Lipinski definition) is 6. The molecular weight excluding hydrogens is 417 g/mol. The zero-order valence-electron chi connectivity index (χ0n) is 17.0. The molecule has 0 bridgehead atoms. The fourth-order valence-electron chi connectivity index (χ4n) is 2.78. The first-order valence-corrected chi connectivity index (χ1v) is 10.3. The van der Waals surface area contributed by atoms with Gasteiger partial charge in [0.1, 0.15) is 16.9 Å². The number of aromatic nitrogens is 1. The second-order valence-electron chi connectivity index (χ2n) is 6.42. The summed E-state index contributed by atoms with van der Waals surface area (Å²) in [5.41, 5.74) is 2.63. The van der Waals surface area contributed by atoms with Gasteiger partial charge in [-0.25, -0.2) is 9.37 Å². The lowest BCUT2D eigenvalue weighted by Crippen LogP contribution is -2.24. The Balaban J connectivity index is 1.70. The number of thioether (sulfide) groups is 1. The summed E-state index contributed by atoms with van der Waals surface area (Å²) in [6.07, 6.45) is 0. The summed E-state index contributed by atoms with van der Waals surface area (Å²) in [6.45, 7) is 0.296. The maximum atomic E-state index is 13.0. The van der Waals surface area contributed by atoms with Crippen LogP contribution in [0.3, 0.4) is 0 Å². The largest absolute Gasteiger partial charge is 0.493 e. The quantitative estimate of drug-likeness (QED) is 0.532. The van der Waals surface area contributed by atoms with Crippen LogP contribution in [0.2, 0.25) is 0 Å². The molecule has 1 aromatic heterocycles. The summed E-state index contributed by atoms with van der Waals surface area (Å²) < 4.78 is 23.6. The van der Waals surface area contributed by atoms with Crippen LogP contribution in [0.25, 0.3) is 11.3 Å². The fourth-order valence-corrected chi connectivity index (χ4v) is 3.58. The number of rotatable bonds is 8. The van der Waals surface area contributed by atoms with Gasteiger partial charge in [0, 0.05) is 12.1 Å². The highest BCUT2D eigenvalue weighted by atomic mass is 32.2. The van der Waals surface area contributed by atoms with Crippen molar-refractivity contribution in [3.05, 3.63) is 71.5 Å².